The van der Waals surface area contributed by atoms with Crippen LogP contribution in [0.3, 0.4) is 0 Å². The number of aryl methyl sites for hydroxylation is 2. The molecule has 0 bridgehead atoms. The first-order valence-electron chi connectivity index (χ1n) is 9.32. The number of hydrogen-bond acceptors (Lipinski definition) is 4. The van der Waals surface area contributed by atoms with E-state index in [9.17, 15) is 9.90 Å². The van der Waals surface area contributed by atoms with Crippen molar-refractivity contribution in [2.24, 2.45) is 0 Å². The molecule has 0 amide bonds. The molecule has 0 radical (unpaired) electrons. The van der Waals surface area contributed by atoms with Crippen molar-refractivity contribution in [1.29, 1.82) is 0 Å². The van der Waals surface area contributed by atoms with Crippen LogP contribution in [0.2, 0.25) is 0 Å². The zero-order valence-electron chi connectivity index (χ0n) is 16.9. The lowest BCUT2D eigenvalue weighted by Gasteiger charge is -2.21. The third-order valence-corrected chi connectivity index (χ3v) is 4.84. The van der Waals surface area contributed by atoms with Crippen molar-refractivity contribution in [1.82, 2.24) is 4.90 Å². The lowest BCUT2D eigenvalue weighted by atomic mass is 10.0. The van der Waals surface area contributed by atoms with E-state index in [1.54, 1.807) is 25.3 Å². The number of ether oxygens (including phenoxy) is 1. The van der Waals surface area contributed by atoms with Crippen LogP contribution >= 0.6 is 0 Å². The minimum absolute atomic E-state index is 0.00321. The van der Waals surface area contributed by atoms with E-state index in [1.165, 1.54) is 11.6 Å². The van der Waals surface area contributed by atoms with Gasteiger partial charge >= 0.3 is 0 Å². The molecule has 4 nitrogen and oxygen atoms in total. The lowest BCUT2D eigenvalue weighted by Crippen LogP contribution is -2.22. The van der Waals surface area contributed by atoms with Gasteiger partial charge in [-0.05, 0) is 56.3 Å². The maximum absolute atomic E-state index is 12.7. The number of allylic oxidation sites excluding steroid dienone is 1. The number of phenols is 1. The fraction of sp³-hybridized carbons (Fsp3) is 0.348. The van der Waals surface area contributed by atoms with E-state index in [0.29, 0.717) is 23.4 Å². The van der Waals surface area contributed by atoms with Crippen molar-refractivity contribution in [2.45, 2.75) is 34.2 Å². The van der Waals surface area contributed by atoms with Gasteiger partial charge in [-0.1, -0.05) is 43.7 Å². The third kappa shape index (κ3) is 4.98. The average Bonchev–Trinajstić information content (AvgIpc) is 2.65. The maximum Gasteiger partial charge on any atom is 0.189 e. The highest BCUT2D eigenvalue weighted by atomic mass is 16.5. The first-order chi connectivity index (χ1) is 12.9. The van der Waals surface area contributed by atoms with E-state index >= 15 is 0 Å². The van der Waals surface area contributed by atoms with Gasteiger partial charge in [0, 0.05) is 6.54 Å². The Morgan fingerprint density at radius 3 is 2.44 bits per heavy atom. The van der Waals surface area contributed by atoms with Crippen molar-refractivity contribution in [2.75, 3.05) is 20.2 Å². The van der Waals surface area contributed by atoms with Crippen molar-refractivity contribution < 1.29 is 14.6 Å². The van der Waals surface area contributed by atoms with Crippen LogP contribution in [0.1, 0.15) is 46.5 Å². The fourth-order valence-corrected chi connectivity index (χ4v) is 3.10. The molecule has 0 heterocycles. The van der Waals surface area contributed by atoms with Gasteiger partial charge in [0.1, 0.15) is 11.5 Å². The van der Waals surface area contributed by atoms with Crippen molar-refractivity contribution in [3.05, 3.63) is 64.2 Å². The van der Waals surface area contributed by atoms with Crippen LogP contribution in [0.15, 0.2) is 36.4 Å². The number of ketones is 1. The number of carbonyl (C=O) groups is 1. The molecule has 0 aliphatic heterocycles. The zero-order chi connectivity index (χ0) is 20.0. The van der Waals surface area contributed by atoms with Gasteiger partial charge in [0.25, 0.3) is 0 Å². The molecular weight excluding hydrogens is 338 g/mol. The van der Waals surface area contributed by atoms with E-state index in [4.69, 9.17) is 4.74 Å². The molecule has 0 unspecified atom stereocenters. The topological polar surface area (TPSA) is 49.8 Å². The molecule has 27 heavy (non-hydrogen) atoms. The Bertz CT molecular complexity index is 836. The summed E-state index contributed by atoms with van der Waals surface area (Å²) in [7, 11) is 1.57. The van der Waals surface area contributed by atoms with Gasteiger partial charge in [-0.25, -0.2) is 0 Å². The SMILES string of the molecule is CCN(CC)Cc1c(OC)ccc(C(=O)/C=C/c2ccc(C)cc2C)c1O. The van der Waals surface area contributed by atoms with E-state index in [0.717, 1.165) is 24.2 Å². The van der Waals surface area contributed by atoms with Crippen LogP contribution in [0.5, 0.6) is 11.5 Å². The molecule has 0 saturated heterocycles. The van der Waals surface area contributed by atoms with Crippen LogP contribution in [-0.4, -0.2) is 36.0 Å². The van der Waals surface area contributed by atoms with Crippen molar-refractivity contribution >= 4 is 11.9 Å². The molecule has 0 fully saturated rings. The van der Waals surface area contributed by atoms with Crippen LogP contribution in [0, 0.1) is 13.8 Å². The Balaban J connectivity index is 2.34. The number of methoxy groups -OCH3 is 1. The second kappa shape index (κ2) is 9.38. The first-order valence-corrected chi connectivity index (χ1v) is 9.32. The quantitative estimate of drug-likeness (QED) is 0.540. The van der Waals surface area contributed by atoms with Gasteiger partial charge in [0.2, 0.25) is 0 Å². The molecule has 2 aromatic carbocycles. The molecule has 0 aliphatic rings. The molecule has 0 atom stereocenters. The highest BCUT2D eigenvalue weighted by Gasteiger charge is 2.18. The van der Waals surface area contributed by atoms with Crippen LogP contribution < -0.4 is 4.74 Å². The molecule has 4 heteroatoms. The summed E-state index contributed by atoms with van der Waals surface area (Å²) in [6.07, 6.45) is 3.31. The van der Waals surface area contributed by atoms with Gasteiger partial charge in [0.15, 0.2) is 5.78 Å². The number of nitrogens with zero attached hydrogens (tertiary/aromatic N) is 1. The highest BCUT2D eigenvalue weighted by Crippen LogP contribution is 2.33. The van der Waals surface area contributed by atoms with Crippen LogP contribution in [0.4, 0.5) is 0 Å². The largest absolute Gasteiger partial charge is 0.507 e. The Morgan fingerprint density at radius 2 is 1.85 bits per heavy atom. The summed E-state index contributed by atoms with van der Waals surface area (Å²) < 4.78 is 5.39. The van der Waals surface area contributed by atoms with E-state index in [1.807, 2.05) is 26.0 Å². The number of carbonyl (C=O) groups excluding carboxylic acids is 1. The number of phenolic OH excluding ortho intramolecular Hbond substituents is 1. The van der Waals surface area contributed by atoms with E-state index in [-0.39, 0.29) is 11.5 Å². The predicted molar refractivity (Wildman–Crippen MR) is 111 cm³/mol. The van der Waals surface area contributed by atoms with Gasteiger partial charge in [-0.2, -0.15) is 0 Å². The average molecular weight is 367 g/mol. The van der Waals surface area contributed by atoms with Crippen molar-refractivity contribution in [3.8, 4) is 11.5 Å². The van der Waals surface area contributed by atoms with Gasteiger partial charge in [-0.15, -0.1) is 0 Å². The number of rotatable bonds is 8. The van der Waals surface area contributed by atoms with Crippen molar-refractivity contribution in [3.63, 3.8) is 0 Å². The first kappa shape index (κ1) is 20.7. The monoisotopic (exact) mass is 367 g/mol. The number of aromatic hydroxyl groups is 1. The van der Waals surface area contributed by atoms with Crippen LogP contribution in [0.25, 0.3) is 6.08 Å². The summed E-state index contributed by atoms with van der Waals surface area (Å²) in [5.41, 5.74) is 4.22. The molecule has 2 aromatic rings. The normalized spacial score (nSPS) is 11.3. The molecule has 0 spiro atoms. The highest BCUT2D eigenvalue weighted by molar-refractivity contribution is 6.09. The Kier molecular flexibility index (Phi) is 7.19. The number of benzene rings is 2. The molecule has 0 aromatic heterocycles. The minimum Gasteiger partial charge on any atom is -0.507 e. The number of hydrogen-bond donors (Lipinski definition) is 1. The van der Waals surface area contributed by atoms with E-state index < -0.39 is 0 Å². The fourth-order valence-electron chi connectivity index (χ4n) is 3.10. The van der Waals surface area contributed by atoms with Crippen LogP contribution in [-0.2, 0) is 6.54 Å². The third-order valence-electron chi connectivity index (χ3n) is 4.84. The summed E-state index contributed by atoms with van der Waals surface area (Å²) in [6, 6.07) is 9.46. The minimum atomic E-state index is -0.226. The standard InChI is InChI=1S/C23H29NO3/c1-6-24(7-2)15-20-22(27-5)13-11-19(23(20)26)21(25)12-10-18-9-8-16(3)14-17(18)4/h8-14,26H,6-7,15H2,1-5H3/b12-10+. The smallest absolute Gasteiger partial charge is 0.189 e. The molecule has 2 rings (SSSR count). The lowest BCUT2D eigenvalue weighted by molar-refractivity contribution is 0.104. The Labute approximate surface area is 162 Å². The maximum atomic E-state index is 12.7. The Morgan fingerprint density at radius 1 is 1.15 bits per heavy atom. The summed E-state index contributed by atoms with van der Waals surface area (Å²) >= 11 is 0. The second-order valence-corrected chi connectivity index (χ2v) is 6.66. The second-order valence-electron chi connectivity index (χ2n) is 6.66. The van der Waals surface area contributed by atoms with Gasteiger partial charge in [0.05, 0.1) is 18.2 Å². The molecule has 144 valence electrons. The molecular formula is C23H29NO3. The summed E-state index contributed by atoms with van der Waals surface area (Å²) in [6.45, 7) is 10.4. The van der Waals surface area contributed by atoms with E-state index in [2.05, 4.69) is 24.8 Å². The van der Waals surface area contributed by atoms with Gasteiger partial charge < -0.3 is 9.84 Å². The zero-order valence-corrected chi connectivity index (χ0v) is 16.9. The Hall–Kier alpha value is -2.59. The predicted octanol–water partition coefficient (Wildman–Crippen LogP) is 4.76. The molecule has 0 saturated carbocycles. The summed E-state index contributed by atoms with van der Waals surface area (Å²) in [5.74, 6) is 0.363. The summed E-state index contributed by atoms with van der Waals surface area (Å²) in [5, 5.41) is 10.7. The molecule has 1 N–H and O–H groups in total. The van der Waals surface area contributed by atoms with Gasteiger partial charge in [-0.3, -0.25) is 9.69 Å². The molecule has 0 aliphatic carbocycles. The summed E-state index contributed by atoms with van der Waals surface area (Å²) in [4.78, 5) is 14.9.